The molecule has 0 bridgehead atoms. The number of alkyl carbamates (subject to hydrolysis) is 1. The maximum absolute atomic E-state index is 11.7. The minimum absolute atomic E-state index is 0.162. The average molecular weight is 240 g/mol. The summed E-state index contributed by atoms with van der Waals surface area (Å²) in [7, 11) is 2.12. The van der Waals surface area contributed by atoms with E-state index >= 15 is 0 Å². The lowest BCUT2D eigenvalue weighted by molar-refractivity contribution is 0.0702. The number of amides is 1. The number of hydrogen-bond donors (Lipinski definition) is 1. The molecule has 0 aromatic carbocycles. The van der Waals surface area contributed by atoms with Crippen molar-refractivity contribution in [3.63, 3.8) is 0 Å². The molecule has 17 heavy (non-hydrogen) atoms. The van der Waals surface area contributed by atoms with Crippen LogP contribution in [0.25, 0.3) is 0 Å². The van der Waals surface area contributed by atoms with Crippen LogP contribution in [-0.2, 0) is 4.74 Å². The summed E-state index contributed by atoms with van der Waals surface area (Å²) in [5.74, 6) is 0. The molecule has 0 unspecified atom stereocenters. The van der Waals surface area contributed by atoms with Crippen LogP contribution in [0.1, 0.15) is 44.9 Å². The minimum Gasteiger partial charge on any atom is -0.446 e. The quantitative estimate of drug-likeness (QED) is 0.804. The molecule has 2 aliphatic rings. The molecule has 4 heteroatoms. The Morgan fingerprint density at radius 2 is 1.76 bits per heavy atom. The number of rotatable bonds is 2. The van der Waals surface area contributed by atoms with E-state index in [9.17, 15) is 4.79 Å². The number of carbonyl (C=O) groups is 1. The number of ether oxygens (including phenoxy) is 1. The van der Waals surface area contributed by atoms with Crippen LogP contribution in [0.5, 0.6) is 0 Å². The van der Waals surface area contributed by atoms with Crippen LogP contribution >= 0.6 is 0 Å². The molecule has 1 heterocycles. The van der Waals surface area contributed by atoms with E-state index in [-0.39, 0.29) is 12.2 Å². The Balaban J connectivity index is 1.66. The third-order valence-corrected chi connectivity index (χ3v) is 3.87. The normalized spacial score (nSPS) is 24.5. The summed E-state index contributed by atoms with van der Waals surface area (Å²) in [5.41, 5.74) is 0. The van der Waals surface area contributed by atoms with Crippen LogP contribution in [0.2, 0.25) is 0 Å². The zero-order valence-corrected chi connectivity index (χ0v) is 10.8. The number of hydrogen-bond acceptors (Lipinski definition) is 3. The first-order valence-corrected chi connectivity index (χ1v) is 6.90. The van der Waals surface area contributed by atoms with Gasteiger partial charge < -0.3 is 15.0 Å². The van der Waals surface area contributed by atoms with E-state index in [0.717, 1.165) is 38.8 Å². The van der Waals surface area contributed by atoms with Crippen LogP contribution in [-0.4, -0.2) is 43.3 Å². The van der Waals surface area contributed by atoms with Crippen LogP contribution < -0.4 is 5.32 Å². The van der Waals surface area contributed by atoms with Crippen molar-refractivity contribution < 1.29 is 9.53 Å². The Kier molecular flexibility index (Phi) is 4.66. The number of carbonyl (C=O) groups excluding carboxylic acids is 1. The second-order valence-corrected chi connectivity index (χ2v) is 5.39. The van der Waals surface area contributed by atoms with Crippen molar-refractivity contribution in [3.05, 3.63) is 0 Å². The van der Waals surface area contributed by atoms with Gasteiger partial charge in [-0.25, -0.2) is 4.79 Å². The molecule has 98 valence electrons. The zero-order chi connectivity index (χ0) is 12.1. The summed E-state index contributed by atoms with van der Waals surface area (Å²) in [5, 5.41) is 3.00. The largest absolute Gasteiger partial charge is 0.446 e. The van der Waals surface area contributed by atoms with Crippen molar-refractivity contribution in [2.75, 3.05) is 20.1 Å². The van der Waals surface area contributed by atoms with Gasteiger partial charge in [0.2, 0.25) is 0 Å². The number of nitrogens with one attached hydrogen (secondary N) is 1. The maximum atomic E-state index is 11.7. The molecule has 1 aliphatic heterocycles. The average Bonchev–Trinajstić information content (AvgIpc) is 2.33. The Morgan fingerprint density at radius 3 is 2.41 bits per heavy atom. The third-order valence-electron chi connectivity index (χ3n) is 3.87. The summed E-state index contributed by atoms with van der Waals surface area (Å²) >= 11 is 0. The van der Waals surface area contributed by atoms with Crippen molar-refractivity contribution in [2.45, 2.75) is 57.1 Å². The van der Waals surface area contributed by atoms with Gasteiger partial charge in [-0.2, -0.15) is 0 Å². The predicted molar refractivity (Wildman–Crippen MR) is 67.0 cm³/mol. The molecule has 0 aromatic heterocycles. The molecule has 0 spiro atoms. The summed E-state index contributed by atoms with van der Waals surface area (Å²) in [4.78, 5) is 14.0. The lowest BCUT2D eigenvalue weighted by Crippen LogP contribution is -2.44. The molecule has 0 radical (unpaired) electrons. The van der Waals surface area contributed by atoms with E-state index < -0.39 is 0 Å². The molecule has 1 N–H and O–H groups in total. The fourth-order valence-corrected chi connectivity index (χ4v) is 2.69. The van der Waals surface area contributed by atoms with Crippen molar-refractivity contribution in [2.24, 2.45) is 0 Å². The predicted octanol–water partition coefficient (Wildman–Crippen LogP) is 2.14. The van der Waals surface area contributed by atoms with Gasteiger partial charge in [-0.05, 0) is 58.7 Å². The second-order valence-electron chi connectivity index (χ2n) is 5.39. The van der Waals surface area contributed by atoms with Crippen LogP contribution in [0.4, 0.5) is 4.79 Å². The summed E-state index contributed by atoms with van der Waals surface area (Å²) < 4.78 is 5.46. The SMILES string of the molecule is CN1CCC(NC(=O)OC2CCCCC2)CC1. The number of piperidine rings is 1. The lowest BCUT2D eigenvalue weighted by atomic mass is 9.98. The highest BCUT2D eigenvalue weighted by atomic mass is 16.6. The van der Waals surface area contributed by atoms with Gasteiger partial charge in [0.1, 0.15) is 6.10 Å². The molecular weight excluding hydrogens is 216 g/mol. The van der Waals surface area contributed by atoms with Crippen molar-refractivity contribution in [1.29, 1.82) is 0 Å². The van der Waals surface area contributed by atoms with Crippen LogP contribution in [0.15, 0.2) is 0 Å². The number of nitrogens with zero attached hydrogens (tertiary/aromatic N) is 1. The molecule has 1 saturated carbocycles. The van der Waals surface area contributed by atoms with E-state index in [1.54, 1.807) is 0 Å². The molecule has 2 rings (SSSR count). The maximum Gasteiger partial charge on any atom is 0.407 e. The summed E-state index contributed by atoms with van der Waals surface area (Å²) in [6.45, 7) is 2.13. The molecule has 0 aromatic rings. The first kappa shape index (κ1) is 12.7. The Labute approximate surface area is 104 Å². The highest BCUT2D eigenvalue weighted by molar-refractivity contribution is 5.67. The molecule has 1 amide bonds. The van der Waals surface area contributed by atoms with E-state index in [0.29, 0.717) is 6.04 Å². The van der Waals surface area contributed by atoms with Crippen LogP contribution in [0.3, 0.4) is 0 Å². The van der Waals surface area contributed by atoms with E-state index in [1.165, 1.54) is 19.3 Å². The Morgan fingerprint density at radius 1 is 1.12 bits per heavy atom. The fourth-order valence-electron chi connectivity index (χ4n) is 2.69. The monoisotopic (exact) mass is 240 g/mol. The fraction of sp³-hybridized carbons (Fsp3) is 0.923. The van der Waals surface area contributed by atoms with E-state index in [2.05, 4.69) is 17.3 Å². The molecule has 2 fully saturated rings. The van der Waals surface area contributed by atoms with Gasteiger partial charge in [0, 0.05) is 6.04 Å². The van der Waals surface area contributed by atoms with Gasteiger partial charge in [0.15, 0.2) is 0 Å². The summed E-state index contributed by atoms with van der Waals surface area (Å²) in [6, 6.07) is 0.308. The van der Waals surface area contributed by atoms with Gasteiger partial charge in [-0.1, -0.05) is 6.42 Å². The molecule has 4 nitrogen and oxygen atoms in total. The van der Waals surface area contributed by atoms with Gasteiger partial charge in [0.25, 0.3) is 0 Å². The highest BCUT2D eigenvalue weighted by Crippen LogP contribution is 2.20. The first-order valence-electron chi connectivity index (χ1n) is 6.90. The minimum atomic E-state index is -0.202. The zero-order valence-electron chi connectivity index (χ0n) is 10.8. The second kappa shape index (κ2) is 6.24. The highest BCUT2D eigenvalue weighted by Gasteiger charge is 2.22. The van der Waals surface area contributed by atoms with Gasteiger partial charge in [0.05, 0.1) is 0 Å². The molecule has 1 aliphatic carbocycles. The van der Waals surface area contributed by atoms with Crippen molar-refractivity contribution >= 4 is 6.09 Å². The molecule has 1 saturated heterocycles. The Bertz CT molecular complexity index is 244. The molecule has 0 atom stereocenters. The smallest absolute Gasteiger partial charge is 0.407 e. The number of likely N-dealkylation sites (tertiary alicyclic amines) is 1. The van der Waals surface area contributed by atoms with Gasteiger partial charge in [-0.15, -0.1) is 0 Å². The summed E-state index contributed by atoms with van der Waals surface area (Å²) in [6.07, 6.45) is 7.81. The topological polar surface area (TPSA) is 41.6 Å². The van der Waals surface area contributed by atoms with Crippen molar-refractivity contribution in [1.82, 2.24) is 10.2 Å². The van der Waals surface area contributed by atoms with Gasteiger partial charge in [-0.3, -0.25) is 0 Å². The van der Waals surface area contributed by atoms with Gasteiger partial charge >= 0.3 is 6.09 Å². The van der Waals surface area contributed by atoms with Crippen molar-refractivity contribution in [3.8, 4) is 0 Å². The first-order chi connectivity index (χ1) is 8.24. The Hall–Kier alpha value is -0.770. The molecular formula is C13H24N2O2. The van der Waals surface area contributed by atoms with E-state index in [4.69, 9.17) is 4.74 Å². The third kappa shape index (κ3) is 4.19. The van der Waals surface area contributed by atoms with E-state index in [1.807, 2.05) is 0 Å². The van der Waals surface area contributed by atoms with Crippen LogP contribution in [0, 0.1) is 0 Å². The lowest BCUT2D eigenvalue weighted by Gasteiger charge is -2.30. The standard InChI is InChI=1S/C13H24N2O2/c1-15-9-7-11(8-10-15)14-13(16)17-12-5-3-2-4-6-12/h11-12H,2-10H2,1H3,(H,14,16).